The van der Waals surface area contributed by atoms with Gasteiger partial charge in [-0.25, -0.2) is 0 Å². The summed E-state index contributed by atoms with van der Waals surface area (Å²) in [5.74, 6) is -0.467. The van der Waals surface area contributed by atoms with Crippen LogP contribution in [-0.4, -0.2) is 25.4 Å². The quantitative estimate of drug-likeness (QED) is 0.417. The van der Waals surface area contributed by atoms with Gasteiger partial charge in [-0.3, -0.25) is 9.13 Å². The van der Waals surface area contributed by atoms with Crippen molar-refractivity contribution in [2.24, 2.45) is 5.92 Å². The lowest BCUT2D eigenvalue weighted by Gasteiger charge is -2.30. The molecule has 0 heterocycles. The Bertz CT molecular complexity index is 385. The molecule has 0 bridgehead atoms. The van der Waals surface area contributed by atoms with Crippen molar-refractivity contribution in [1.29, 1.82) is 0 Å². The molecule has 0 saturated heterocycles. The SMILES string of the molecule is CCC(CC)OP(=O)([O-])OCC(C)COP(=O)([O-])OC(CC)CC. The smallest absolute Gasteiger partial charge is 0.268 e. The van der Waals surface area contributed by atoms with Crippen LogP contribution in [0.3, 0.4) is 0 Å². The molecule has 2 unspecified atom stereocenters. The predicted octanol–water partition coefficient (Wildman–Crippen LogP) is 3.00. The van der Waals surface area contributed by atoms with Gasteiger partial charge in [0, 0.05) is 5.92 Å². The second-order valence-electron chi connectivity index (χ2n) is 5.68. The minimum absolute atomic E-state index is 0.230. The van der Waals surface area contributed by atoms with Gasteiger partial charge in [-0.2, -0.15) is 0 Å². The summed E-state index contributed by atoms with van der Waals surface area (Å²) in [7, 11) is -8.83. The van der Waals surface area contributed by atoms with Gasteiger partial charge in [-0.15, -0.1) is 0 Å². The van der Waals surface area contributed by atoms with Crippen molar-refractivity contribution in [3.8, 4) is 0 Å². The van der Waals surface area contributed by atoms with E-state index < -0.39 is 33.8 Å². The van der Waals surface area contributed by atoms with Crippen LogP contribution in [-0.2, 0) is 27.2 Å². The Morgan fingerprint density at radius 3 is 1.29 bits per heavy atom. The lowest BCUT2D eigenvalue weighted by atomic mass is 10.2. The van der Waals surface area contributed by atoms with Crippen LogP contribution in [0.2, 0.25) is 0 Å². The largest absolute Gasteiger partial charge is 0.756 e. The van der Waals surface area contributed by atoms with Gasteiger partial charge in [0.2, 0.25) is 0 Å². The monoisotopic (exact) mass is 388 g/mol. The van der Waals surface area contributed by atoms with E-state index in [4.69, 9.17) is 18.1 Å². The number of rotatable bonds is 14. The molecule has 146 valence electrons. The van der Waals surface area contributed by atoms with Crippen molar-refractivity contribution in [2.75, 3.05) is 13.2 Å². The number of hydrogen-bond acceptors (Lipinski definition) is 8. The minimum Gasteiger partial charge on any atom is -0.756 e. The molecule has 0 saturated carbocycles. The molecule has 0 aliphatic heterocycles. The first-order valence-corrected chi connectivity index (χ1v) is 11.3. The Morgan fingerprint density at radius 1 is 0.750 bits per heavy atom. The van der Waals surface area contributed by atoms with Crippen LogP contribution in [0.15, 0.2) is 0 Å². The average Bonchev–Trinajstić information content (AvgIpc) is 2.54. The molecular weight excluding hydrogens is 358 g/mol. The first kappa shape index (κ1) is 24.2. The van der Waals surface area contributed by atoms with Crippen LogP contribution in [0, 0.1) is 5.92 Å². The van der Waals surface area contributed by atoms with Crippen molar-refractivity contribution in [1.82, 2.24) is 0 Å². The molecule has 0 spiro atoms. The maximum atomic E-state index is 11.7. The normalized spacial score (nSPS) is 18.5. The fourth-order valence-corrected chi connectivity index (χ4v) is 4.11. The molecule has 0 aromatic carbocycles. The fourth-order valence-electron chi connectivity index (χ4n) is 1.79. The van der Waals surface area contributed by atoms with E-state index in [0.29, 0.717) is 25.7 Å². The van der Waals surface area contributed by atoms with Gasteiger partial charge in [-0.1, -0.05) is 34.6 Å². The van der Waals surface area contributed by atoms with Crippen molar-refractivity contribution in [2.45, 2.75) is 72.5 Å². The zero-order valence-electron chi connectivity index (χ0n) is 15.1. The summed E-state index contributed by atoms with van der Waals surface area (Å²) >= 11 is 0. The summed E-state index contributed by atoms with van der Waals surface area (Å²) in [5, 5.41) is 0. The van der Waals surface area contributed by atoms with Crippen molar-refractivity contribution in [3.63, 3.8) is 0 Å². The molecule has 0 rings (SSSR count). The van der Waals surface area contributed by atoms with Crippen LogP contribution in [0.1, 0.15) is 60.3 Å². The molecule has 10 heteroatoms. The number of phosphoric acid groups is 2. The summed E-state index contributed by atoms with van der Waals surface area (Å²) in [4.78, 5) is 23.4. The Hall–Kier alpha value is 0.220. The minimum atomic E-state index is -4.42. The lowest BCUT2D eigenvalue weighted by Crippen LogP contribution is -2.21. The third kappa shape index (κ3) is 11.0. The number of phosphoric ester groups is 2. The van der Waals surface area contributed by atoms with E-state index in [-0.39, 0.29) is 13.2 Å². The van der Waals surface area contributed by atoms with E-state index in [1.165, 1.54) is 0 Å². The van der Waals surface area contributed by atoms with E-state index in [2.05, 4.69) is 0 Å². The first-order chi connectivity index (χ1) is 11.1. The van der Waals surface area contributed by atoms with Crippen LogP contribution in [0.25, 0.3) is 0 Å². The van der Waals surface area contributed by atoms with E-state index >= 15 is 0 Å². The maximum absolute atomic E-state index is 11.7. The Balaban J connectivity index is 4.28. The van der Waals surface area contributed by atoms with Crippen LogP contribution in [0.4, 0.5) is 0 Å². The maximum Gasteiger partial charge on any atom is 0.268 e. The average molecular weight is 388 g/mol. The van der Waals surface area contributed by atoms with Gasteiger partial charge in [0.15, 0.2) is 0 Å². The molecule has 2 atom stereocenters. The Labute approximate surface area is 145 Å². The molecule has 0 aliphatic carbocycles. The van der Waals surface area contributed by atoms with E-state index in [9.17, 15) is 18.9 Å². The molecular formula is C14H30O8P2-2. The van der Waals surface area contributed by atoms with Gasteiger partial charge >= 0.3 is 0 Å². The molecule has 8 nitrogen and oxygen atoms in total. The van der Waals surface area contributed by atoms with Gasteiger partial charge in [0.25, 0.3) is 15.6 Å². The summed E-state index contributed by atoms with van der Waals surface area (Å²) in [5.41, 5.74) is 0. The highest BCUT2D eigenvalue weighted by Crippen LogP contribution is 2.43. The van der Waals surface area contributed by atoms with Crippen LogP contribution >= 0.6 is 15.6 Å². The molecule has 0 aliphatic rings. The topological polar surface area (TPSA) is 117 Å². The van der Waals surface area contributed by atoms with Crippen LogP contribution < -0.4 is 9.79 Å². The molecule has 0 fully saturated rings. The molecule has 0 amide bonds. The fraction of sp³-hybridized carbons (Fsp3) is 1.00. The first-order valence-electron chi connectivity index (χ1n) is 8.36. The zero-order chi connectivity index (χ0) is 18.8. The second-order valence-corrected chi connectivity index (χ2v) is 8.41. The third-order valence-corrected chi connectivity index (χ3v) is 5.46. The molecule has 0 aromatic heterocycles. The van der Waals surface area contributed by atoms with Crippen molar-refractivity contribution in [3.05, 3.63) is 0 Å². The Morgan fingerprint density at radius 2 is 1.04 bits per heavy atom. The number of hydrogen-bond donors (Lipinski definition) is 0. The second kappa shape index (κ2) is 11.8. The van der Waals surface area contributed by atoms with Gasteiger partial charge in [-0.05, 0) is 25.7 Å². The van der Waals surface area contributed by atoms with E-state index in [1.807, 2.05) is 27.7 Å². The predicted molar refractivity (Wildman–Crippen MR) is 87.2 cm³/mol. The summed E-state index contributed by atoms with van der Waals surface area (Å²) in [6, 6.07) is 0. The lowest BCUT2D eigenvalue weighted by molar-refractivity contribution is -0.232. The highest BCUT2D eigenvalue weighted by Gasteiger charge is 2.19. The standard InChI is InChI=1S/C14H32O8P2/c1-6-13(7-2)21-23(15,16)19-10-12(5)11-20-24(17,18)22-14(8-3)9-4/h12-14H,6-11H2,1-5H3,(H,15,16)(H,17,18)/p-2. The highest BCUT2D eigenvalue weighted by atomic mass is 31.2. The summed E-state index contributed by atoms with van der Waals surface area (Å²) in [6.45, 7) is 8.41. The van der Waals surface area contributed by atoms with Gasteiger partial charge in [0.05, 0.1) is 25.4 Å². The van der Waals surface area contributed by atoms with E-state index in [1.54, 1.807) is 6.92 Å². The summed E-state index contributed by atoms with van der Waals surface area (Å²) < 4.78 is 42.8. The summed E-state index contributed by atoms with van der Waals surface area (Å²) in [6.07, 6.45) is 1.37. The van der Waals surface area contributed by atoms with Crippen LogP contribution in [0.5, 0.6) is 0 Å². The third-order valence-electron chi connectivity index (χ3n) is 3.41. The Kier molecular flexibility index (Phi) is 11.9. The molecule has 0 aromatic rings. The molecule has 0 radical (unpaired) electrons. The van der Waals surface area contributed by atoms with E-state index in [0.717, 1.165) is 0 Å². The van der Waals surface area contributed by atoms with Crippen molar-refractivity contribution >= 4 is 15.6 Å². The molecule has 24 heavy (non-hydrogen) atoms. The van der Waals surface area contributed by atoms with Gasteiger partial charge in [0.1, 0.15) is 0 Å². The molecule has 0 N–H and O–H groups in total. The van der Waals surface area contributed by atoms with Crippen molar-refractivity contribution < 1.29 is 37.0 Å². The highest BCUT2D eigenvalue weighted by molar-refractivity contribution is 7.46. The van der Waals surface area contributed by atoms with Gasteiger partial charge < -0.3 is 27.9 Å². The zero-order valence-corrected chi connectivity index (χ0v) is 16.9.